The van der Waals surface area contributed by atoms with E-state index in [2.05, 4.69) is 5.32 Å². The molecule has 0 bridgehead atoms. The van der Waals surface area contributed by atoms with Crippen LogP contribution >= 0.6 is 11.6 Å². The molecule has 140 valence electrons. The molecule has 2 rings (SSSR count). The van der Waals surface area contributed by atoms with Crippen LogP contribution in [0.25, 0.3) is 0 Å². The predicted octanol–water partition coefficient (Wildman–Crippen LogP) is 3.08. The fraction of sp³-hybridized carbons (Fsp3) is 0.316. The van der Waals surface area contributed by atoms with E-state index in [4.69, 9.17) is 11.6 Å². The summed E-state index contributed by atoms with van der Waals surface area (Å²) in [4.78, 5) is 12.1. The number of aryl methyl sites for hydroxylation is 2. The first kappa shape index (κ1) is 20.3. The van der Waals surface area contributed by atoms with Gasteiger partial charge in [0, 0.05) is 11.6 Å². The summed E-state index contributed by atoms with van der Waals surface area (Å²) in [5.74, 6) is -0.144. The van der Waals surface area contributed by atoms with Crippen molar-refractivity contribution in [3.05, 3.63) is 64.2 Å². The molecule has 0 aromatic heterocycles. The molecule has 7 heteroatoms. The van der Waals surface area contributed by atoms with Gasteiger partial charge in [-0.2, -0.15) is 0 Å². The van der Waals surface area contributed by atoms with Gasteiger partial charge < -0.3 is 5.32 Å². The van der Waals surface area contributed by atoms with Crippen LogP contribution in [0.2, 0.25) is 5.02 Å². The molecule has 0 saturated carbocycles. The molecule has 26 heavy (non-hydrogen) atoms. The lowest BCUT2D eigenvalue weighted by Crippen LogP contribution is -2.38. The highest BCUT2D eigenvalue weighted by atomic mass is 35.5. The van der Waals surface area contributed by atoms with Gasteiger partial charge in [0.05, 0.1) is 24.9 Å². The number of sulfonamides is 1. The van der Waals surface area contributed by atoms with Crippen LogP contribution < -0.4 is 9.62 Å². The summed E-state index contributed by atoms with van der Waals surface area (Å²) >= 11 is 6.11. The monoisotopic (exact) mass is 394 g/mol. The number of carbonyl (C=O) groups excluding carboxylic acids is 1. The molecule has 0 heterocycles. The molecule has 2 aromatic rings. The number of amides is 1. The van der Waals surface area contributed by atoms with Crippen LogP contribution in [-0.4, -0.2) is 33.7 Å². The Kier molecular flexibility index (Phi) is 6.67. The minimum absolute atomic E-state index is 0.137. The van der Waals surface area contributed by atoms with Crippen molar-refractivity contribution in [1.29, 1.82) is 0 Å². The van der Waals surface area contributed by atoms with Crippen LogP contribution in [0, 0.1) is 13.8 Å². The molecule has 0 aliphatic heterocycles. The molecule has 0 aliphatic carbocycles. The minimum Gasteiger partial charge on any atom is -0.354 e. The Labute approximate surface area is 160 Å². The molecule has 2 aromatic carbocycles. The molecule has 0 fully saturated rings. The second-order valence-electron chi connectivity index (χ2n) is 6.22. The van der Waals surface area contributed by atoms with Crippen molar-refractivity contribution < 1.29 is 13.2 Å². The zero-order valence-corrected chi connectivity index (χ0v) is 16.7. The van der Waals surface area contributed by atoms with E-state index >= 15 is 0 Å². The molecule has 0 unspecified atom stereocenters. The number of rotatable bonds is 7. The van der Waals surface area contributed by atoms with Crippen molar-refractivity contribution in [2.75, 3.05) is 23.7 Å². The van der Waals surface area contributed by atoms with E-state index in [-0.39, 0.29) is 25.4 Å². The van der Waals surface area contributed by atoms with E-state index in [0.717, 1.165) is 22.9 Å². The maximum Gasteiger partial charge on any atom is 0.232 e. The molecule has 0 aliphatic rings. The molecule has 0 saturated heterocycles. The van der Waals surface area contributed by atoms with Gasteiger partial charge in [-0.25, -0.2) is 8.42 Å². The third-order valence-electron chi connectivity index (χ3n) is 4.09. The fourth-order valence-electron chi connectivity index (χ4n) is 2.56. The summed E-state index contributed by atoms with van der Waals surface area (Å²) in [6.45, 7) is 4.15. The summed E-state index contributed by atoms with van der Waals surface area (Å²) < 4.78 is 25.5. The van der Waals surface area contributed by atoms with Crippen LogP contribution in [-0.2, 0) is 21.2 Å². The maximum absolute atomic E-state index is 12.1. The molecular weight excluding hydrogens is 372 g/mol. The maximum atomic E-state index is 12.1. The quantitative estimate of drug-likeness (QED) is 0.784. The average molecular weight is 395 g/mol. The summed E-state index contributed by atoms with van der Waals surface area (Å²) in [5, 5.41) is 3.28. The Morgan fingerprint density at radius 2 is 1.81 bits per heavy atom. The van der Waals surface area contributed by atoms with Gasteiger partial charge in [-0.05, 0) is 42.7 Å². The van der Waals surface area contributed by atoms with Gasteiger partial charge in [-0.1, -0.05) is 41.9 Å². The van der Waals surface area contributed by atoms with Crippen molar-refractivity contribution >= 4 is 33.2 Å². The summed E-state index contributed by atoms with van der Waals surface area (Å²) in [5.41, 5.74) is 3.36. The van der Waals surface area contributed by atoms with Gasteiger partial charge in [0.1, 0.15) is 0 Å². The molecule has 0 radical (unpaired) electrons. The molecule has 1 amide bonds. The molecule has 0 spiro atoms. The molecule has 1 N–H and O–H groups in total. The number of nitrogens with one attached hydrogen (secondary N) is 1. The zero-order valence-electron chi connectivity index (χ0n) is 15.1. The third-order valence-corrected chi connectivity index (χ3v) is 5.69. The highest BCUT2D eigenvalue weighted by Gasteiger charge is 2.18. The van der Waals surface area contributed by atoms with Crippen molar-refractivity contribution in [3.8, 4) is 0 Å². The highest BCUT2D eigenvalue weighted by Crippen LogP contribution is 2.24. The van der Waals surface area contributed by atoms with Gasteiger partial charge >= 0.3 is 0 Å². The SMILES string of the molecule is Cc1ccc(N(CCNC(=O)Cc2ccccc2C)S(C)(=O)=O)cc1Cl. The van der Waals surface area contributed by atoms with Crippen LogP contribution in [0.4, 0.5) is 5.69 Å². The lowest BCUT2D eigenvalue weighted by Gasteiger charge is -2.23. The number of hydrogen-bond donors (Lipinski definition) is 1. The van der Waals surface area contributed by atoms with Gasteiger partial charge in [-0.3, -0.25) is 9.10 Å². The van der Waals surface area contributed by atoms with E-state index in [1.807, 2.05) is 38.1 Å². The lowest BCUT2D eigenvalue weighted by atomic mass is 10.1. The van der Waals surface area contributed by atoms with Gasteiger partial charge in [0.2, 0.25) is 15.9 Å². The number of anilines is 1. The molecular formula is C19H23ClN2O3S. The van der Waals surface area contributed by atoms with Crippen LogP contribution in [0.15, 0.2) is 42.5 Å². The fourth-order valence-corrected chi connectivity index (χ4v) is 3.66. The van der Waals surface area contributed by atoms with Crippen molar-refractivity contribution in [3.63, 3.8) is 0 Å². The highest BCUT2D eigenvalue weighted by molar-refractivity contribution is 7.92. The van der Waals surface area contributed by atoms with Crippen molar-refractivity contribution in [2.45, 2.75) is 20.3 Å². The number of carbonyl (C=O) groups is 1. The smallest absolute Gasteiger partial charge is 0.232 e. The molecule has 0 atom stereocenters. The van der Waals surface area contributed by atoms with Crippen LogP contribution in [0.5, 0.6) is 0 Å². The Morgan fingerprint density at radius 1 is 1.12 bits per heavy atom. The largest absolute Gasteiger partial charge is 0.354 e. The number of nitrogens with zero attached hydrogens (tertiary/aromatic N) is 1. The topological polar surface area (TPSA) is 66.5 Å². The first-order valence-corrected chi connectivity index (χ1v) is 10.5. The second kappa shape index (κ2) is 8.56. The minimum atomic E-state index is -3.49. The summed E-state index contributed by atoms with van der Waals surface area (Å²) in [7, 11) is -3.49. The third kappa shape index (κ3) is 5.47. The average Bonchev–Trinajstić information content (AvgIpc) is 2.55. The Hall–Kier alpha value is -2.05. The number of benzene rings is 2. The summed E-state index contributed by atoms with van der Waals surface area (Å²) in [6.07, 6.45) is 1.40. The standard InChI is InChI=1S/C19H23ClN2O3S/c1-14-6-4-5-7-16(14)12-19(23)21-10-11-22(26(3,24)25)17-9-8-15(2)18(20)13-17/h4-9,13H,10-12H2,1-3H3,(H,21,23). The van der Waals surface area contributed by atoms with Crippen molar-refractivity contribution in [2.24, 2.45) is 0 Å². The van der Waals surface area contributed by atoms with Gasteiger partial charge in [0.15, 0.2) is 0 Å². The second-order valence-corrected chi connectivity index (χ2v) is 8.54. The normalized spacial score (nSPS) is 11.2. The predicted molar refractivity (Wildman–Crippen MR) is 106 cm³/mol. The van der Waals surface area contributed by atoms with Crippen molar-refractivity contribution in [1.82, 2.24) is 5.32 Å². The number of hydrogen-bond acceptors (Lipinski definition) is 3. The van der Waals surface area contributed by atoms with Crippen LogP contribution in [0.3, 0.4) is 0 Å². The Bertz CT molecular complexity index is 897. The van der Waals surface area contributed by atoms with Crippen LogP contribution in [0.1, 0.15) is 16.7 Å². The first-order chi connectivity index (χ1) is 12.2. The zero-order chi connectivity index (χ0) is 19.3. The first-order valence-electron chi connectivity index (χ1n) is 8.23. The number of halogens is 1. The van der Waals surface area contributed by atoms with E-state index < -0.39 is 10.0 Å². The lowest BCUT2D eigenvalue weighted by molar-refractivity contribution is -0.120. The summed E-state index contributed by atoms with van der Waals surface area (Å²) in [6, 6.07) is 12.8. The van der Waals surface area contributed by atoms with E-state index in [0.29, 0.717) is 10.7 Å². The van der Waals surface area contributed by atoms with E-state index in [1.54, 1.807) is 18.2 Å². The van der Waals surface area contributed by atoms with E-state index in [1.165, 1.54) is 4.31 Å². The Balaban J connectivity index is 2.01. The van der Waals surface area contributed by atoms with E-state index in [9.17, 15) is 13.2 Å². The molecule has 5 nitrogen and oxygen atoms in total. The van der Waals surface area contributed by atoms with Gasteiger partial charge in [0.25, 0.3) is 0 Å². The Morgan fingerprint density at radius 3 is 2.42 bits per heavy atom. The van der Waals surface area contributed by atoms with Gasteiger partial charge in [-0.15, -0.1) is 0 Å².